The summed E-state index contributed by atoms with van der Waals surface area (Å²) in [6, 6.07) is 0. The number of rotatable bonds is 6. The van der Waals surface area contributed by atoms with Gasteiger partial charge in [-0.2, -0.15) is 0 Å². The fourth-order valence-corrected chi connectivity index (χ4v) is 0.713. The molecule has 1 saturated heterocycles. The SMILES string of the molecule is C=CC(=O)O.CCCC(O)OCC1CO1. The highest BCUT2D eigenvalue weighted by atomic mass is 16.6. The van der Waals surface area contributed by atoms with E-state index in [0.717, 1.165) is 19.1 Å². The molecule has 88 valence electrons. The molecule has 15 heavy (non-hydrogen) atoms. The van der Waals surface area contributed by atoms with Crippen molar-refractivity contribution in [3.05, 3.63) is 12.7 Å². The molecule has 2 atom stereocenters. The first-order valence-corrected chi connectivity index (χ1v) is 4.86. The van der Waals surface area contributed by atoms with Crippen molar-refractivity contribution >= 4 is 5.97 Å². The van der Waals surface area contributed by atoms with Crippen LogP contribution in [0.1, 0.15) is 19.8 Å². The minimum atomic E-state index is -0.981. The molecule has 0 aromatic carbocycles. The van der Waals surface area contributed by atoms with E-state index >= 15 is 0 Å². The summed E-state index contributed by atoms with van der Waals surface area (Å²) in [6.07, 6.45) is 2.17. The van der Waals surface area contributed by atoms with Crippen LogP contribution >= 0.6 is 0 Å². The Kier molecular flexibility index (Phi) is 7.89. The third kappa shape index (κ3) is 11.0. The Morgan fingerprint density at radius 2 is 2.33 bits per heavy atom. The van der Waals surface area contributed by atoms with Crippen molar-refractivity contribution in [1.82, 2.24) is 0 Å². The zero-order valence-electron chi connectivity index (χ0n) is 8.89. The molecular formula is C10H18O5. The molecule has 1 rings (SSSR count). The fraction of sp³-hybridized carbons (Fsp3) is 0.700. The summed E-state index contributed by atoms with van der Waals surface area (Å²) in [6.45, 7) is 6.31. The number of hydrogen-bond donors (Lipinski definition) is 2. The van der Waals surface area contributed by atoms with Gasteiger partial charge in [0, 0.05) is 6.08 Å². The molecule has 0 bridgehead atoms. The number of epoxide rings is 1. The van der Waals surface area contributed by atoms with Crippen LogP contribution in [0, 0.1) is 0 Å². The number of carboxylic acid groups (broad SMARTS) is 1. The van der Waals surface area contributed by atoms with Gasteiger partial charge in [0.05, 0.1) is 13.2 Å². The van der Waals surface area contributed by atoms with E-state index in [1.165, 1.54) is 0 Å². The summed E-state index contributed by atoms with van der Waals surface area (Å²) in [7, 11) is 0. The van der Waals surface area contributed by atoms with Crippen LogP contribution in [0.5, 0.6) is 0 Å². The molecule has 5 heteroatoms. The Bertz CT molecular complexity index is 188. The maximum atomic E-state index is 9.25. The number of aliphatic hydroxyl groups excluding tert-OH is 1. The molecule has 0 aliphatic carbocycles. The maximum absolute atomic E-state index is 9.25. The number of aliphatic hydroxyl groups is 1. The van der Waals surface area contributed by atoms with Gasteiger partial charge in [-0.05, 0) is 6.42 Å². The van der Waals surface area contributed by atoms with E-state index in [2.05, 4.69) is 6.58 Å². The number of hydrogen-bond acceptors (Lipinski definition) is 4. The van der Waals surface area contributed by atoms with E-state index < -0.39 is 12.3 Å². The van der Waals surface area contributed by atoms with E-state index in [1.54, 1.807) is 0 Å². The monoisotopic (exact) mass is 218 g/mol. The summed E-state index contributed by atoms with van der Waals surface area (Å²) < 4.78 is 9.94. The van der Waals surface area contributed by atoms with E-state index in [1.807, 2.05) is 6.92 Å². The lowest BCUT2D eigenvalue weighted by Crippen LogP contribution is -2.14. The molecule has 1 heterocycles. The highest BCUT2D eigenvalue weighted by Gasteiger charge is 2.23. The number of carbonyl (C=O) groups is 1. The molecule has 0 amide bonds. The highest BCUT2D eigenvalue weighted by molar-refractivity contribution is 5.78. The first kappa shape index (κ1) is 14.1. The Hall–Kier alpha value is -0.910. The van der Waals surface area contributed by atoms with Crippen molar-refractivity contribution < 1.29 is 24.5 Å². The van der Waals surface area contributed by atoms with Gasteiger partial charge in [0.15, 0.2) is 6.29 Å². The summed E-state index contributed by atoms with van der Waals surface area (Å²) >= 11 is 0. The zero-order valence-corrected chi connectivity index (χ0v) is 8.89. The Morgan fingerprint density at radius 1 is 1.80 bits per heavy atom. The molecule has 1 aliphatic heterocycles. The van der Waals surface area contributed by atoms with Crippen LogP contribution in [0.2, 0.25) is 0 Å². The van der Waals surface area contributed by atoms with Gasteiger partial charge in [-0.3, -0.25) is 0 Å². The van der Waals surface area contributed by atoms with Crippen molar-refractivity contribution in [2.45, 2.75) is 32.2 Å². The van der Waals surface area contributed by atoms with Gasteiger partial charge in [0.1, 0.15) is 6.10 Å². The van der Waals surface area contributed by atoms with Crippen molar-refractivity contribution in [1.29, 1.82) is 0 Å². The molecule has 0 saturated carbocycles. The Labute approximate surface area is 89.3 Å². The van der Waals surface area contributed by atoms with Gasteiger partial charge in [-0.1, -0.05) is 19.9 Å². The number of ether oxygens (including phenoxy) is 2. The third-order valence-corrected chi connectivity index (χ3v) is 1.59. The molecule has 2 N–H and O–H groups in total. The molecule has 0 aromatic heterocycles. The second-order valence-corrected chi connectivity index (χ2v) is 3.07. The predicted octanol–water partition coefficient (Wildman–Crippen LogP) is 0.777. The topological polar surface area (TPSA) is 79.3 Å². The largest absolute Gasteiger partial charge is 0.478 e. The standard InChI is InChI=1S/C7H14O3.C3H4O2/c1-2-3-7(8)10-5-6-4-9-6;1-2-3(4)5/h6-8H,2-5H2,1H3;2H,1H2,(H,4,5). The molecule has 0 aromatic rings. The quantitative estimate of drug-likeness (QED) is 0.391. The normalized spacial score (nSPS) is 19.7. The van der Waals surface area contributed by atoms with Gasteiger partial charge in [-0.15, -0.1) is 0 Å². The minimum Gasteiger partial charge on any atom is -0.478 e. The molecule has 1 fully saturated rings. The molecule has 1 aliphatic rings. The molecule has 0 spiro atoms. The van der Waals surface area contributed by atoms with Crippen molar-refractivity contribution in [3.8, 4) is 0 Å². The van der Waals surface area contributed by atoms with Crippen LogP contribution in [0.4, 0.5) is 0 Å². The van der Waals surface area contributed by atoms with Gasteiger partial charge >= 0.3 is 5.97 Å². The van der Waals surface area contributed by atoms with Gasteiger partial charge in [0.25, 0.3) is 0 Å². The van der Waals surface area contributed by atoms with Crippen molar-refractivity contribution in [2.75, 3.05) is 13.2 Å². The second kappa shape index (κ2) is 8.40. The van der Waals surface area contributed by atoms with E-state index in [-0.39, 0.29) is 6.10 Å². The van der Waals surface area contributed by atoms with E-state index in [9.17, 15) is 4.79 Å². The first-order valence-electron chi connectivity index (χ1n) is 4.86. The van der Waals surface area contributed by atoms with Crippen molar-refractivity contribution in [3.63, 3.8) is 0 Å². The van der Waals surface area contributed by atoms with E-state index in [0.29, 0.717) is 13.0 Å². The first-order chi connectivity index (χ1) is 7.10. The van der Waals surface area contributed by atoms with Crippen LogP contribution < -0.4 is 0 Å². The van der Waals surface area contributed by atoms with Gasteiger partial charge in [0.2, 0.25) is 0 Å². The van der Waals surface area contributed by atoms with E-state index in [4.69, 9.17) is 19.7 Å². The van der Waals surface area contributed by atoms with Gasteiger partial charge in [-0.25, -0.2) is 4.79 Å². The molecule has 2 unspecified atom stereocenters. The molecule has 5 nitrogen and oxygen atoms in total. The molecular weight excluding hydrogens is 200 g/mol. The summed E-state index contributed by atoms with van der Waals surface area (Å²) in [5.41, 5.74) is 0. The average molecular weight is 218 g/mol. The number of aliphatic carboxylic acids is 1. The maximum Gasteiger partial charge on any atom is 0.327 e. The Morgan fingerprint density at radius 3 is 2.67 bits per heavy atom. The van der Waals surface area contributed by atoms with Crippen LogP contribution in [0.15, 0.2) is 12.7 Å². The second-order valence-electron chi connectivity index (χ2n) is 3.07. The molecule has 0 radical (unpaired) electrons. The average Bonchev–Trinajstić information content (AvgIpc) is 3.00. The fourth-order valence-electron chi connectivity index (χ4n) is 0.713. The minimum absolute atomic E-state index is 0.256. The summed E-state index contributed by atoms with van der Waals surface area (Å²) in [5.74, 6) is -0.981. The lowest BCUT2D eigenvalue weighted by Gasteiger charge is -2.08. The lowest BCUT2D eigenvalue weighted by molar-refractivity contribution is -0.131. The van der Waals surface area contributed by atoms with Crippen LogP contribution in [0.3, 0.4) is 0 Å². The Balaban J connectivity index is 0.000000336. The smallest absolute Gasteiger partial charge is 0.327 e. The van der Waals surface area contributed by atoms with Crippen LogP contribution in [-0.2, 0) is 14.3 Å². The zero-order chi connectivity index (χ0) is 11.7. The highest BCUT2D eigenvalue weighted by Crippen LogP contribution is 2.10. The predicted molar refractivity (Wildman–Crippen MR) is 54.4 cm³/mol. The summed E-state index contributed by atoms with van der Waals surface area (Å²) in [4.78, 5) is 9.25. The van der Waals surface area contributed by atoms with Crippen LogP contribution in [-0.4, -0.2) is 41.8 Å². The number of carboxylic acids is 1. The van der Waals surface area contributed by atoms with Crippen molar-refractivity contribution in [2.24, 2.45) is 0 Å². The third-order valence-electron chi connectivity index (χ3n) is 1.59. The van der Waals surface area contributed by atoms with Gasteiger partial charge < -0.3 is 19.7 Å². The lowest BCUT2D eigenvalue weighted by atomic mass is 10.3. The van der Waals surface area contributed by atoms with Crippen LogP contribution in [0.25, 0.3) is 0 Å². The summed E-state index contributed by atoms with van der Waals surface area (Å²) in [5, 5.41) is 16.7.